The largest absolute Gasteiger partial charge is 0.339 e. The van der Waals surface area contributed by atoms with Gasteiger partial charge in [-0.15, -0.1) is 0 Å². The summed E-state index contributed by atoms with van der Waals surface area (Å²) in [6.45, 7) is 3.60. The van der Waals surface area contributed by atoms with E-state index in [0.29, 0.717) is 0 Å². The number of carbonyl (C=O) groups excluding carboxylic acids is 1. The molecule has 4 heteroatoms. The highest BCUT2D eigenvalue weighted by Crippen LogP contribution is 2.08. The molecule has 0 aliphatic carbocycles. The summed E-state index contributed by atoms with van der Waals surface area (Å²) >= 11 is 0. The van der Waals surface area contributed by atoms with Gasteiger partial charge in [-0.05, 0) is 26.1 Å². The normalized spacial score (nSPS) is 18.3. The zero-order valence-electron chi connectivity index (χ0n) is 11.8. The van der Waals surface area contributed by atoms with E-state index in [-0.39, 0.29) is 11.9 Å². The molecule has 0 radical (unpaired) electrons. The molecule has 1 N–H and O–H groups in total. The first kappa shape index (κ1) is 14.0. The Morgan fingerprint density at radius 2 is 1.84 bits per heavy atom. The van der Waals surface area contributed by atoms with Crippen molar-refractivity contribution in [2.24, 2.45) is 0 Å². The minimum absolute atomic E-state index is 0.120. The van der Waals surface area contributed by atoms with E-state index in [4.69, 9.17) is 0 Å². The number of hydrogen-bond acceptors (Lipinski definition) is 3. The van der Waals surface area contributed by atoms with Crippen molar-refractivity contribution in [3.8, 4) is 0 Å². The molecule has 2 rings (SSSR count). The Bertz CT molecular complexity index is 399. The lowest BCUT2D eigenvalue weighted by Gasteiger charge is -2.34. The molecule has 1 heterocycles. The van der Waals surface area contributed by atoms with Crippen LogP contribution in [0.5, 0.6) is 0 Å². The van der Waals surface area contributed by atoms with Crippen molar-refractivity contribution in [2.45, 2.75) is 12.5 Å². The maximum Gasteiger partial charge on any atom is 0.240 e. The van der Waals surface area contributed by atoms with Crippen LogP contribution in [0.3, 0.4) is 0 Å². The summed E-state index contributed by atoms with van der Waals surface area (Å²) in [7, 11) is 3.96. The molecule has 1 fully saturated rings. The third-order valence-electron chi connectivity index (χ3n) is 3.74. The lowest BCUT2D eigenvalue weighted by Crippen LogP contribution is -2.53. The predicted octanol–water partition coefficient (Wildman–Crippen LogP) is 0.591. The second-order valence-corrected chi connectivity index (χ2v) is 5.16. The second-order valence-electron chi connectivity index (χ2n) is 5.16. The summed E-state index contributed by atoms with van der Waals surface area (Å²) in [5, 5.41) is 3.15. The van der Waals surface area contributed by atoms with Crippen LogP contribution in [0.2, 0.25) is 0 Å². The van der Waals surface area contributed by atoms with E-state index >= 15 is 0 Å². The van der Waals surface area contributed by atoms with Crippen molar-refractivity contribution in [1.29, 1.82) is 0 Å². The minimum Gasteiger partial charge on any atom is -0.339 e. The van der Waals surface area contributed by atoms with Crippen LogP contribution in [-0.2, 0) is 11.2 Å². The van der Waals surface area contributed by atoms with Crippen LogP contribution in [0.1, 0.15) is 5.56 Å². The van der Waals surface area contributed by atoms with Gasteiger partial charge in [0.15, 0.2) is 0 Å². The van der Waals surface area contributed by atoms with Crippen molar-refractivity contribution in [3.63, 3.8) is 0 Å². The van der Waals surface area contributed by atoms with Crippen LogP contribution in [0.25, 0.3) is 0 Å². The van der Waals surface area contributed by atoms with Crippen molar-refractivity contribution < 1.29 is 4.79 Å². The van der Waals surface area contributed by atoms with Gasteiger partial charge in [-0.3, -0.25) is 4.79 Å². The molecule has 4 nitrogen and oxygen atoms in total. The van der Waals surface area contributed by atoms with Crippen LogP contribution in [0.4, 0.5) is 0 Å². The Morgan fingerprint density at radius 3 is 2.42 bits per heavy atom. The molecule has 19 heavy (non-hydrogen) atoms. The highest BCUT2D eigenvalue weighted by atomic mass is 16.2. The third-order valence-corrected chi connectivity index (χ3v) is 3.74. The molecule has 1 aliphatic heterocycles. The van der Waals surface area contributed by atoms with E-state index in [0.717, 1.165) is 32.6 Å². The molecule has 1 aromatic carbocycles. The van der Waals surface area contributed by atoms with Crippen molar-refractivity contribution in [3.05, 3.63) is 35.9 Å². The number of nitrogens with one attached hydrogen (secondary N) is 1. The highest BCUT2D eigenvalue weighted by molar-refractivity contribution is 5.82. The number of likely N-dealkylation sites (N-methyl/N-ethyl adjacent to an activating group) is 2. The fourth-order valence-electron chi connectivity index (χ4n) is 2.41. The van der Waals surface area contributed by atoms with Gasteiger partial charge in [-0.25, -0.2) is 0 Å². The second kappa shape index (κ2) is 6.68. The molecular formula is C15H23N3O. The third kappa shape index (κ3) is 3.78. The Labute approximate surface area is 115 Å². The summed E-state index contributed by atoms with van der Waals surface area (Å²) in [6.07, 6.45) is 0.752. The van der Waals surface area contributed by atoms with Crippen molar-refractivity contribution in [1.82, 2.24) is 15.1 Å². The molecule has 0 bridgehead atoms. The molecule has 0 spiro atoms. The van der Waals surface area contributed by atoms with Crippen molar-refractivity contribution >= 4 is 5.91 Å². The molecule has 1 saturated heterocycles. The fraction of sp³-hybridized carbons (Fsp3) is 0.533. The van der Waals surface area contributed by atoms with Crippen LogP contribution >= 0.6 is 0 Å². The lowest BCUT2D eigenvalue weighted by atomic mass is 10.0. The summed E-state index contributed by atoms with van der Waals surface area (Å²) in [5.74, 6) is 0.222. The number of piperazine rings is 1. The van der Waals surface area contributed by atoms with Crippen LogP contribution in [0.15, 0.2) is 30.3 Å². The number of nitrogens with zero attached hydrogens (tertiary/aromatic N) is 2. The van der Waals surface area contributed by atoms with Crippen LogP contribution in [-0.4, -0.2) is 62.0 Å². The van der Waals surface area contributed by atoms with Gasteiger partial charge < -0.3 is 15.1 Å². The van der Waals surface area contributed by atoms with Gasteiger partial charge in [-0.2, -0.15) is 0 Å². The first-order chi connectivity index (χ1) is 9.20. The van der Waals surface area contributed by atoms with Gasteiger partial charge in [0, 0.05) is 26.2 Å². The molecule has 1 aromatic rings. The summed E-state index contributed by atoms with van der Waals surface area (Å²) < 4.78 is 0. The van der Waals surface area contributed by atoms with E-state index in [1.54, 1.807) is 0 Å². The maximum absolute atomic E-state index is 12.5. The van der Waals surface area contributed by atoms with Gasteiger partial charge in [-0.1, -0.05) is 30.3 Å². The Morgan fingerprint density at radius 1 is 1.21 bits per heavy atom. The average molecular weight is 261 g/mol. The Balaban J connectivity index is 1.95. The van der Waals surface area contributed by atoms with E-state index in [1.807, 2.05) is 30.1 Å². The minimum atomic E-state index is -0.120. The standard InChI is InChI=1S/C15H23N3O/c1-16-14(12-13-6-4-3-5-7-13)15(19)18-10-8-17(2)9-11-18/h3-7,14,16H,8-12H2,1-2H3/t14-/m1/s1. The zero-order chi connectivity index (χ0) is 13.7. The number of rotatable bonds is 4. The topological polar surface area (TPSA) is 35.6 Å². The fourth-order valence-corrected chi connectivity index (χ4v) is 2.41. The summed E-state index contributed by atoms with van der Waals surface area (Å²) in [5.41, 5.74) is 1.20. The number of amides is 1. The van der Waals surface area contributed by atoms with E-state index in [1.165, 1.54) is 5.56 Å². The molecule has 1 aliphatic rings. The predicted molar refractivity (Wildman–Crippen MR) is 77.1 cm³/mol. The summed E-state index contributed by atoms with van der Waals surface area (Å²) in [6, 6.07) is 10.1. The quantitative estimate of drug-likeness (QED) is 0.862. The molecular weight excluding hydrogens is 238 g/mol. The van der Waals surface area contributed by atoms with E-state index < -0.39 is 0 Å². The Kier molecular flexibility index (Phi) is 4.93. The lowest BCUT2D eigenvalue weighted by molar-refractivity contribution is -0.134. The number of benzene rings is 1. The van der Waals surface area contributed by atoms with Crippen LogP contribution < -0.4 is 5.32 Å². The van der Waals surface area contributed by atoms with E-state index in [9.17, 15) is 4.79 Å². The molecule has 1 amide bonds. The monoisotopic (exact) mass is 261 g/mol. The maximum atomic E-state index is 12.5. The van der Waals surface area contributed by atoms with Gasteiger partial charge in [0.05, 0.1) is 6.04 Å². The van der Waals surface area contributed by atoms with Crippen LogP contribution in [0, 0.1) is 0 Å². The molecule has 0 saturated carbocycles. The average Bonchev–Trinajstić information content (AvgIpc) is 2.46. The molecule has 0 unspecified atom stereocenters. The zero-order valence-corrected chi connectivity index (χ0v) is 11.8. The number of hydrogen-bond donors (Lipinski definition) is 1. The number of carbonyl (C=O) groups is 1. The first-order valence-corrected chi connectivity index (χ1v) is 6.89. The first-order valence-electron chi connectivity index (χ1n) is 6.89. The van der Waals surface area contributed by atoms with E-state index in [2.05, 4.69) is 29.4 Å². The smallest absolute Gasteiger partial charge is 0.240 e. The van der Waals surface area contributed by atoms with Gasteiger partial charge in [0.2, 0.25) is 5.91 Å². The highest BCUT2D eigenvalue weighted by Gasteiger charge is 2.25. The molecule has 104 valence electrons. The summed E-state index contributed by atoms with van der Waals surface area (Å²) in [4.78, 5) is 16.7. The Hall–Kier alpha value is -1.39. The molecule has 0 aromatic heterocycles. The van der Waals surface area contributed by atoms with Crippen molar-refractivity contribution in [2.75, 3.05) is 40.3 Å². The van der Waals surface area contributed by atoms with Gasteiger partial charge in [0.1, 0.15) is 0 Å². The SMILES string of the molecule is CN[C@H](Cc1ccccc1)C(=O)N1CCN(C)CC1. The molecule has 1 atom stereocenters. The van der Waals surface area contributed by atoms with Gasteiger partial charge >= 0.3 is 0 Å². The van der Waals surface area contributed by atoms with Gasteiger partial charge in [0.25, 0.3) is 0 Å².